The molecule has 1 rings (SSSR count). The Balaban J connectivity index is -0.0000000708. The molecule has 0 aromatic carbocycles. The van der Waals surface area contributed by atoms with E-state index in [1.165, 1.54) is 13.3 Å². The summed E-state index contributed by atoms with van der Waals surface area (Å²) in [6.45, 7) is 6.31. The van der Waals surface area contributed by atoms with Gasteiger partial charge in [-0.15, -0.1) is 6.41 Å². The minimum atomic E-state index is -0.316. The summed E-state index contributed by atoms with van der Waals surface area (Å²) >= 11 is 5.27. The first kappa shape index (κ1) is 34.8. The molecule has 0 aliphatic heterocycles. The third-order valence-corrected chi connectivity index (χ3v) is 1.13. The molecule has 0 spiro atoms. The number of amides is 2. The van der Waals surface area contributed by atoms with Crippen LogP contribution in [0.3, 0.4) is 0 Å². The van der Waals surface area contributed by atoms with Crippen molar-refractivity contribution in [3.8, 4) is 0 Å². The summed E-state index contributed by atoms with van der Waals surface area (Å²) in [5, 5.41) is 20.9. The monoisotopic (exact) mass is 865 g/mol. The summed E-state index contributed by atoms with van der Waals surface area (Å²) in [7, 11) is 0. The van der Waals surface area contributed by atoms with E-state index >= 15 is 0 Å². The standard InChI is InChI=1S/C4H6ClN2.C3H3N4.C3H5N2O2.3W/c1-3-6-7-4(2)5;1-3-6-4-2-5-7-3;1-3(7)5-4-2-6;;;/h1-2H3;1H3;1H3,(H,4,6)(H,5,7);;;/q3*-1;;;/b7-4-;;;;;. The first-order chi connectivity index (χ1) is 9.93. The van der Waals surface area contributed by atoms with Crippen LogP contribution in [-0.2, 0) is 72.8 Å². The van der Waals surface area contributed by atoms with Gasteiger partial charge in [0.05, 0.1) is 0 Å². The van der Waals surface area contributed by atoms with Crippen molar-refractivity contribution in [3.05, 3.63) is 12.2 Å². The van der Waals surface area contributed by atoms with Gasteiger partial charge in [-0.3, -0.25) is 4.79 Å². The van der Waals surface area contributed by atoms with E-state index in [9.17, 15) is 9.59 Å². The number of carbonyl (C=O) groups excluding carboxylic acids is 2. The molecule has 2 N–H and O–H groups in total. The minimum Gasteiger partial charge on any atom is -0.518 e. The number of hydrazine groups is 1. The number of halogens is 1. The topological polar surface area (TPSA) is 134 Å². The van der Waals surface area contributed by atoms with Crippen molar-refractivity contribution in [3.63, 3.8) is 0 Å². The quantitative estimate of drug-likeness (QED) is 0.184. The van der Waals surface area contributed by atoms with E-state index in [-0.39, 0.29) is 69.1 Å². The van der Waals surface area contributed by atoms with Crippen molar-refractivity contribution in [1.29, 1.82) is 0 Å². The van der Waals surface area contributed by atoms with Crippen LogP contribution < -0.4 is 10.9 Å². The van der Waals surface area contributed by atoms with Crippen molar-refractivity contribution in [2.75, 3.05) is 0 Å². The average molecular weight is 865 g/mol. The second kappa shape index (κ2) is 27.4. The Morgan fingerprint density at radius 1 is 1.21 bits per heavy atom. The van der Waals surface area contributed by atoms with E-state index in [0.29, 0.717) is 11.0 Å². The van der Waals surface area contributed by atoms with Crippen LogP contribution in [0.25, 0.3) is 0 Å². The van der Waals surface area contributed by atoms with E-state index in [0.717, 1.165) is 0 Å². The summed E-state index contributed by atoms with van der Waals surface area (Å²) in [5.41, 5.74) is 3.83. The molecule has 134 valence electrons. The van der Waals surface area contributed by atoms with E-state index in [4.69, 9.17) is 11.6 Å². The molecule has 0 fully saturated rings. The zero-order valence-electron chi connectivity index (χ0n) is 13.1. The number of aryl methyl sites for hydroxylation is 1. The van der Waals surface area contributed by atoms with Gasteiger partial charge in [0, 0.05) is 70.1 Å². The molecular weight excluding hydrogens is 851 g/mol. The summed E-state index contributed by atoms with van der Waals surface area (Å²) in [6.07, 6.45) is 5.93. The van der Waals surface area contributed by atoms with Crippen LogP contribution in [0.5, 0.6) is 0 Å². The van der Waals surface area contributed by atoms with Gasteiger partial charge >= 0.3 is 0 Å². The van der Waals surface area contributed by atoms with Crippen LogP contribution in [0.2, 0.25) is 0 Å². The summed E-state index contributed by atoms with van der Waals surface area (Å²) in [6, 6.07) is 0. The van der Waals surface area contributed by atoms with Gasteiger partial charge in [-0.05, 0) is 13.8 Å². The molecular formula is C10H14ClN8O2W3-3. The Hall–Kier alpha value is -0.425. The maximum Gasteiger partial charge on any atom is 0.232 e. The van der Waals surface area contributed by atoms with Gasteiger partial charge in [0.1, 0.15) is 5.17 Å². The zero-order chi connectivity index (χ0) is 16.5. The Bertz CT molecular complexity index is 461. The Morgan fingerprint density at radius 2 is 1.71 bits per heavy atom. The smallest absolute Gasteiger partial charge is 0.232 e. The fourth-order valence-electron chi connectivity index (χ4n) is 0.462. The molecule has 0 radical (unpaired) electrons. The predicted molar refractivity (Wildman–Crippen MR) is 75.9 cm³/mol. The van der Waals surface area contributed by atoms with Crippen LogP contribution in [-0.4, -0.2) is 44.1 Å². The molecule has 24 heavy (non-hydrogen) atoms. The van der Waals surface area contributed by atoms with Crippen molar-refractivity contribution in [2.45, 2.75) is 27.7 Å². The molecule has 2 amide bonds. The predicted octanol–water partition coefficient (Wildman–Crippen LogP) is -0.412. The fourth-order valence-corrected chi connectivity index (χ4v) is 0.500. The van der Waals surface area contributed by atoms with Gasteiger partial charge in [0.25, 0.3) is 0 Å². The minimum absolute atomic E-state index is 0. The van der Waals surface area contributed by atoms with Crippen molar-refractivity contribution in [1.82, 2.24) is 31.2 Å². The third-order valence-electron chi connectivity index (χ3n) is 1.06. The van der Waals surface area contributed by atoms with E-state index in [2.05, 4.69) is 43.1 Å². The first-order valence-corrected chi connectivity index (χ1v) is 5.67. The summed E-state index contributed by atoms with van der Waals surface area (Å²) in [5.74, 6) is 0.252. The molecule has 0 atom stereocenters. The van der Waals surface area contributed by atoms with Crippen LogP contribution in [0.1, 0.15) is 26.6 Å². The number of aromatic nitrogens is 4. The Labute approximate surface area is 188 Å². The van der Waals surface area contributed by atoms with Gasteiger partial charge in [0.15, 0.2) is 5.82 Å². The van der Waals surface area contributed by atoms with Crippen molar-refractivity contribution < 1.29 is 72.8 Å². The molecule has 0 saturated heterocycles. The maximum atomic E-state index is 9.85. The van der Waals surface area contributed by atoms with Gasteiger partial charge in [-0.1, -0.05) is 11.6 Å². The summed E-state index contributed by atoms with van der Waals surface area (Å²) < 4.78 is 0. The van der Waals surface area contributed by atoms with Gasteiger partial charge in [-0.2, -0.15) is 22.2 Å². The fraction of sp³-hybridized carbons (Fsp3) is 0.400. The number of nitrogens with zero attached hydrogens (tertiary/aromatic N) is 6. The SMILES string of the molecule is CC(=O)NN[C-]=O.C[C-]=N/N=C(/C)Cl.Cc1nn[c-]nn1.[W].[W].[W]. The molecule has 14 heteroatoms. The first-order valence-electron chi connectivity index (χ1n) is 5.29. The molecule has 1 aromatic rings. The number of hydrogen-bond donors (Lipinski definition) is 2. The number of nitrogens with one attached hydrogen (secondary N) is 2. The molecule has 0 bridgehead atoms. The molecule has 0 aliphatic rings. The summed E-state index contributed by atoms with van der Waals surface area (Å²) in [4.78, 5) is 19.1. The van der Waals surface area contributed by atoms with Crippen LogP contribution in [0.15, 0.2) is 10.2 Å². The van der Waals surface area contributed by atoms with Gasteiger partial charge in [0.2, 0.25) is 5.91 Å². The van der Waals surface area contributed by atoms with E-state index in [1.807, 2.05) is 10.9 Å². The number of rotatable bonds is 3. The van der Waals surface area contributed by atoms with Crippen molar-refractivity contribution in [2.24, 2.45) is 10.2 Å². The second-order valence-corrected chi connectivity index (χ2v) is 3.42. The largest absolute Gasteiger partial charge is 0.518 e. The second-order valence-electron chi connectivity index (χ2n) is 2.88. The Kier molecular flexibility index (Phi) is 39.8. The van der Waals surface area contributed by atoms with Crippen LogP contribution >= 0.6 is 11.6 Å². The average Bonchev–Trinajstić information content (AvgIpc) is 2.45. The van der Waals surface area contributed by atoms with Crippen LogP contribution in [0, 0.1) is 13.3 Å². The van der Waals surface area contributed by atoms with Gasteiger partial charge in [-0.25, -0.2) is 6.33 Å². The maximum absolute atomic E-state index is 9.85. The zero-order valence-corrected chi connectivity index (χ0v) is 22.7. The number of carbonyl (C=O) groups is 1. The normalized spacial score (nSPS) is 8.46. The molecule has 1 aromatic heterocycles. The third kappa shape index (κ3) is 37.7. The number of hydrogen-bond acceptors (Lipinski definition) is 8. The molecule has 0 unspecified atom stereocenters. The van der Waals surface area contributed by atoms with E-state index in [1.54, 1.807) is 20.8 Å². The molecule has 1 heterocycles. The van der Waals surface area contributed by atoms with Gasteiger partial charge < -0.3 is 37.2 Å². The molecule has 0 aliphatic carbocycles. The van der Waals surface area contributed by atoms with Crippen molar-refractivity contribution >= 4 is 35.3 Å². The Morgan fingerprint density at radius 3 is 1.88 bits per heavy atom. The molecule has 10 nitrogen and oxygen atoms in total. The van der Waals surface area contributed by atoms with E-state index < -0.39 is 0 Å². The molecule has 0 saturated carbocycles. The van der Waals surface area contributed by atoms with Crippen LogP contribution in [0.4, 0.5) is 0 Å².